The number of anilines is 1. The van der Waals surface area contributed by atoms with Crippen LogP contribution in [0.25, 0.3) is 0 Å². The van der Waals surface area contributed by atoms with Crippen molar-refractivity contribution in [1.29, 1.82) is 5.41 Å². The van der Waals surface area contributed by atoms with E-state index in [1.165, 1.54) is 38.5 Å². The molecule has 3 N–H and O–H groups in total. The average molecular weight is 275 g/mol. The van der Waals surface area contributed by atoms with E-state index in [0.29, 0.717) is 5.41 Å². The van der Waals surface area contributed by atoms with E-state index in [2.05, 4.69) is 10.00 Å². The van der Waals surface area contributed by atoms with Crippen molar-refractivity contribution in [3.05, 3.63) is 11.3 Å². The minimum Gasteiger partial charge on any atom is -0.384 e. The van der Waals surface area contributed by atoms with Crippen molar-refractivity contribution in [3.63, 3.8) is 0 Å². The van der Waals surface area contributed by atoms with E-state index in [4.69, 9.17) is 11.1 Å². The molecule has 1 saturated heterocycles. The van der Waals surface area contributed by atoms with Gasteiger partial charge in [-0.25, -0.2) is 0 Å². The number of rotatable bonds is 2. The Bertz CT molecular complexity index is 515. The van der Waals surface area contributed by atoms with Crippen LogP contribution in [0.4, 0.5) is 5.82 Å². The molecule has 2 aliphatic rings. The number of amidine groups is 1. The Morgan fingerprint density at radius 1 is 1.20 bits per heavy atom. The van der Waals surface area contributed by atoms with Gasteiger partial charge in [0.25, 0.3) is 0 Å². The van der Waals surface area contributed by atoms with Gasteiger partial charge in [-0.15, -0.1) is 0 Å². The molecule has 3 rings (SSSR count). The van der Waals surface area contributed by atoms with Gasteiger partial charge in [0.1, 0.15) is 11.7 Å². The van der Waals surface area contributed by atoms with E-state index in [0.717, 1.165) is 30.2 Å². The summed E-state index contributed by atoms with van der Waals surface area (Å²) in [6.07, 6.45) is 8.17. The molecule has 5 heteroatoms. The molecule has 0 aromatic carbocycles. The molecule has 2 fully saturated rings. The topological polar surface area (TPSA) is 70.9 Å². The fraction of sp³-hybridized carbons (Fsp3) is 0.733. The molecule has 0 radical (unpaired) electrons. The molecule has 1 aliphatic carbocycles. The van der Waals surface area contributed by atoms with Gasteiger partial charge in [0.15, 0.2) is 0 Å². The maximum Gasteiger partial charge on any atom is 0.137 e. The molecule has 2 heterocycles. The molecule has 1 aliphatic heterocycles. The first kappa shape index (κ1) is 13.5. The summed E-state index contributed by atoms with van der Waals surface area (Å²) in [5.74, 6) is 1.16. The summed E-state index contributed by atoms with van der Waals surface area (Å²) < 4.78 is 1.89. The van der Waals surface area contributed by atoms with E-state index in [-0.39, 0.29) is 5.84 Å². The van der Waals surface area contributed by atoms with E-state index in [1.807, 2.05) is 18.7 Å². The number of hydrogen-bond acceptors (Lipinski definition) is 3. The van der Waals surface area contributed by atoms with Crippen molar-refractivity contribution in [1.82, 2.24) is 9.78 Å². The summed E-state index contributed by atoms with van der Waals surface area (Å²) in [5, 5.41) is 12.3. The lowest BCUT2D eigenvalue weighted by Gasteiger charge is -2.40. The fourth-order valence-corrected chi connectivity index (χ4v) is 4.14. The van der Waals surface area contributed by atoms with Crippen LogP contribution < -0.4 is 10.6 Å². The Kier molecular flexibility index (Phi) is 3.22. The van der Waals surface area contributed by atoms with E-state index < -0.39 is 0 Å². The SMILES string of the molecule is Cc1nn(C)c(N2CCC3(CCCC3)CC2)c1C(=N)N. The zero-order chi connectivity index (χ0) is 14.3. The van der Waals surface area contributed by atoms with Gasteiger partial charge in [-0.3, -0.25) is 10.1 Å². The molecule has 20 heavy (non-hydrogen) atoms. The number of hydrogen-bond donors (Lipinski definition) is 2. The molecule has 0 bridgehead atoms. The van der Waals surface area contributed by atoms with Crippen LogP contribution in [0.15, 0.2) is 0 Å². The normalized spacial score (nSPS) is 21.6. The number of nitrogens with zero attached hydrogens (tertiary/aromatic N) is 3. The maximum absolute atomic E-state index is 7.81. The Labute approximate surface area is 120 Å². The summed E-state index contributed by atoms with van der Waals surface area (Å²) in [7, 11) is 1.95. The van der Waals surface area contributed by atoms with Crippen molar-refractivity contribution >= 4 is 11.7 Å². The van der Waals surface area contributed by atoms with Crippen LogP contribution in [0.3, 0.4) is 0 Å². The van der Waals surface area contributed by atoms with Gasteiger partial charge in [0, 0.05) is 20.1 Å². The third-order valence-electron chi connectivity index (χ3n) is 5.25. The Hall–Kier alpha value is -1.52. The maximum atomic E-state index is 7.81. The van der Waals surface area contributed by atoms with Gasteiger partial charge >= 0.3 is 0 Å². The summed E-state index contributed by atoms with van der Waals surface area (Å²) >= 11 is 0. The first-order chi connectivity index (χ1) is 9.52. The zero-order valence-corrected chi connectivity index (χ0v) is 12.6. The van der Waals surface area contributed by atoms with Gasteiger partial charge < -0.3 is 10.6 Å². The molecule has 0 amide bonds. The van der Waals surface area contributed by atoms with E-state index in [1.54, 1.807) is 0 Å². The Balaban J connectivity index is 1.83. The highest BCUT2D eigenvalue weighted by molar-refractivity contribution is 6.00. The predicted octanol–water partition coefficient (Wildman–Crippen LogP) is 2.17. The van der Waals surface area contributed by atoms with Crippen LogP contribution in [0, 0.1) is 17.7 Å². The molecule has 1 spiro atoms. The van der Waals surface area contributed by atoms with Gasteiger partial charge in [-0.05, 0) is 38.0 Å². The molecule has 0 unspecified atom stereocenters. The van der Waals surface area contributed by atoms with E-state index >= 15 is 0 Å². The smallest absolute Gasteiger partial charge is 0.137 e. The zero-order valence-electron chi connectivity index (χ0n) is 12.6. The highest BCUT2D eigenvalue weighted by Crippen LogP contribution is 2.46. The van der Waals surface area contributed by atoms with Crippen LogP contribution in [0.5, 0.6) is 0 Å². The van der Waals surface area contributed by atoms with Crippen LogP contribution >= 0.6 is 0 Å². The van der Waals surface area contributed by atoms with Crippen LogP contribution in [0.2, 0.25) is 0 Å². The summed E-state index contributed by atoms with van der Waals surface area (Å²) in [4.78, 5) is 2.38. The molecule has 1 aromatic heterocycles. The second-order valence-corrected chi connectivity index (χ2v) is 6.52. The third-order valence-corrected chi connectivity index (χ3v) is 5.25. The average Bonchev–Trinajstić information content (AvgIpc) is 2.96. The van der Waals surface area contributed by atoms with Crippen molar-refractivity contribution in [2.75, 3.05) is 18.0 Å². The number of nitrogens with two attached hydrogens (primary N) is 1. The van der Waals surface area contributed by atoms with Crippen LogP contribution in [0.1, 0.15) is 49.8 Å². The molecule has 1 aromatic rings. The van der Waals surface area contributed by atoms with Crippen molar-refractivity contribution < 1.29 is 0 Å². The number of piperidine rings is 1. The van der Waals surface area contributed by atoms with Crippen molar-refractivity contribution in [3.8, 4) is 0 Å². The molecular formula is C15H25N5. The molecule has 110 valence electrons. The summed E-state index contributed by atoms with van der Waals surface area (Å²) in [5.41, 5.74) is 8.04. The van der Waals surface area contributed by atoms with Crippen LogP contribution in [-0.2, 0) is 7.05 Å². The second-order valence-electron chi connectivity index (χ2n) is 6.52. The first-order valence-corrected chi connectivity index (χ1v) is 7.65. The van der Waals surface area contributed by atoms with Crippen LogP contribution in [-0.4, -0.2) is 28.7 Å². The molecule has 5 nitrogen and oxygen atoms in total. The number of nitrogens with one attached hydrogen (secondary N) is 1. The third kappa shape index (κ3) is 2.09. The minimum atomic E-state index is 0.131. The van der Waals surface area contributed by atoms with Gasteiger partial charge in [0.2, 0.25) is 0 Å². The van der Waals surface area contributed by atoms with Gasteiger partial charge in [0.05, 0.1) is 11.3 Å². The lowest BCUT2D eigenvalue weighted by atomic mass is 9.77. The molecular weight excluding hydrogens is 250 g/mol. The molecule has 1 saturated carbocycles. The number of aryl methyl sites for hydroxylation is 2. The predicted molar refractivity (Wildman–Crippen MR) is 81.3 cm³/mol. The standard InChI is InChI=1S/C15H25N5/c1-11-12(13(16)17)14(19(2)18-11)20-9-7-15(8-10-20)5-3-4-6-15/h3-10H2,1-2H3,(H3,16,17). The van der Waals surface area contributed by atoms with Crippen molar-refractivity contribution in [2.24, 2.45) is 18.2 Å². The first-order valence-electron chi connectivity index (χ1n) is 7.65. The van der Waals surface area contributed by atoms with E-state index in [9.17, 15) is 0 Å². The molecule has 0 atom stereocenters. The minimum absolute atomic E-state index is 0.131. The number of aromatic nitrogens is 2. The highest BCUT2D eigenvalue weighted by atomic mass is 15.4. The second kappa shape index (κ2) is 4.79. The lowest BCUT2D eigenvalue weighted by Crippen LogP contribution is -2.40. The number of nitrogen functional groups attached to an aromatic ring is 1. The summed E-state index contributed by atoms with van der Waals surface area (Å²) in [6.45, 7) is 4.07. The van der Waals surface area contributed by atoms with Gasteiger partial charge in [-0.2, -0.15) is 5.10 Å². The quantitative estimate of drug-likeness (QED) is 0.642. The lowest BCUT2D eigenvalue weighted by molar-refractivity contribution is 0.225. The monoisotopic (exact) mass is 275 g/mol. The van der Waals surface area contributed by atoms with Gasteiger partial charge in [-0.1, -0.05) is 12.8 Å². The van der Waals surface area contributed by atoms with Crippen molar-refractivity contribution in [2.45, 2.75) is 45.4 Å². The summed E-state index contributed by atoms with van der Waals surface area (Å²) in [6, 6.07) is 0. The Morgan fingerprint density at radius 2 is 1.80 bits per heavy atom. The highest BCUT2D eigenvalue weighted by Gasteiger charge is 2.38. The Morgan fingerprint density at radius 3 is 2.35 bits per heavy atom. The largest absolute Gasteiger partial charge is 0.384 e. The fourth-order valence-electron chi connectivity index (χ4n) is 4.14.